The van der Waals surface area contributed by atoms with E-state index in [0.29, 0.717) is 0 Å². The summed E-state index contributed by atoms with van der Waals surface area (Å²) in [5.41, 5.74) is 6.38. The lowest BCUT2D eigenvalue weighted by Gasteiger charge is -2.41. The third-order valence-corrected chi connectivity index (χ3v) is 6.74. The number of anilines is 1. The second kappa shape index (κ2) is 9.40. The molecule has 1 aliphatic rings. The molecule has 6 rings (SSSR count). The van der Waals surface area contributed by atoms with Crippen LogP contribution >= 0.6 is 0 Å². The SMILES string of the molecule is COc1ccc([C@@H]2c3c(-c4ccccc4)oc(C)c3[C@H](c3ccccc3)ON2c2ccccc2)cc1. The van der Waals surface area contributed by atoms with E-state index < -0.39 is 0 Å². The number of hydrogen-bond acceptors (Lipinski definition) is 4. The van der Waals surface area contributed by atoms with Crippen molar-refractivity contribution in [1.82, 2.24) is 0 Å². The molecule has 4 heteroatoms. The van der Waals surface area contributed by atoms with Gasteiger partial charge in [0.2, 0.25) is 0 Å². The lowest BCUT2D eigenvalue weighted by atomic mass is 9.86. The van der Waals surface area contributed by atoms with Crippen LogP contribution in [0.15, 0.2) is 120 Å². The smallest absolute Gasteiger partial charge is 0.140 e. The minimum atomic E-state index is -0.308. The summed E-state index contributed by atoms with van der Waals surface area (Å²) >= 11 is 0. The van der Waals surface area contributed by atoms with Gasteiger partial charge in [-0.1, -0.05) is 91.0 Å². The molecule has 0 unspecified atom stereocenters. The number of fused-ring (bicyclic) bond motifs is 1. The minimum Gasteiger partial charge on any atom is -0.497 e. The van der Waals surface area contributed by atoms with Gasteiger partial charge in [-0.3, -0.25) is 4.84 Å². The second-order valence-corrected chi connectivity index (χ2v) is 8.91. The van der Waals surface area contributed by atoms with E-state index in [2.05, 4.69) is 48.5 Å². The van der Waals surface area contributed by atoms with Crippen LogP contribution < -0.4 is 9.80 Å². The number of furan rings is 1. The quantitative estimate of drug-likeness (QED) is 0.260. The monoisotopic (exact) mass is 473 g/mol. The molecule has 0 bridgehead atoms. The Morgan fingerprint density at radius 3 is 1.92 bits per heavy atom. The Balaban J connectivity index is 1.64. The van der Waals surface area contributed by atoms with Gasteiger partial charge in [0.05, 0.1) is 12.8 Å². The second-order valence-electron chi connectivity index (χ2n) is 8.91. The van der Waals surface area contributed by atoms with Gasteiger partial charge in [0.25, 0.3) is 0 Å². The number of nitrogens with zero attached hydrogens (tertiary/aromatic N) is 1. The molecule has 0 amide bonds. The molecule has 0 radical (unpaired) electrons. The molecule has 0 saturated heterocycles. The molecule has 178 valence electrons. The summed E-state index contributed by atoms with van der Waals surface area (Å²) in [6, 6.07) is 38.9. The van der Waals surface area contributed by atoms with Gasteiger partial charge in [-0.05, 0) is 42.3 Å². The lowest BCUT2D eigenvalue weighted by molar-refractivity contribution is 0.0307. The van der Waals surface area contributed by atoms with Crippen molar-refractivity contribution in [3.63, 3.8) is 0 Å². The van der Waals surface area contributed by atoms with Gasteiger partial charge in [0.15, 0.2) is 0 Å². The standard InChI is InChI=1S/C32H27NO3/c1-22-28-29(31(35-22)24-12-6-3-7-13-24)30(23-18-20-27(34-2)21-19-23)33(26-16-10-5-11-17-26)36-32(28)25-14-8-4-9-15-25/h3-21,30,32H,1-2H3/t30-,32+/m1/s1. The zero-order valence-corrected chi connectivity index (χ0v) is 20.3. The van der Waals surface area contributed by atoms with Crippen molar-refractivity contribution in [3.05, 3.63) is 143 Å². The summed E-state index contributed by atoms with van der Waals surface area (Å²) in [7, 11) is 1.69. The number of para-hydroxylation sites is 1. The number of methoxy groups -OCH3 is 1. The summed E-state index contributed by atoms with van der Waals surface area (Å²) in [5, 5.41) is 2.03. The van der Waals surface area contributed by atoms with Crippen LogP contribution in [0.3, 0.4) is 0 Å². The maximum absolute atomic E-state index is 6.88. The predicted molar refractivity (Wildman–Crippen MR) is 142 cm³/mol. The Morgan fingerprint density at radius 1 is 0.667 bits per heavy atom. The normalized spacial score (nSPS) is 17.0. The highest BCUT2D eigenvalue weighted by Crippen LogP contribution is 2.51. The van der Waals surface area contributed by atoms with E-state index in [0.717, 1.165) is 50.8 Å². The summed E-state index contributed by atoms with van der Waals surface area (Å²) in [4.78, 5) is 6.88. The molecule has 4 nitrogen and oxygen atoms in total. The Hall–Kier alpha value is -4.28. The van der Waals surface area contributed by atoms with Crippen LogP contribution in [0.5, 0.6) is 5.75 Å². The zero-order valence-electron chi connectivity index (χ0n) is 20.3. The number of hydrogen-bond donors (Lipinski definition) is 0. The van der Waals surface area contributed by atoms with Crippen molar-refractivity contribution in [3.8, 4) is 17.1 Å². The van der Waals surface area contributed by atoms with E-state index in [4.69, 9.17) is 14.0 Å². The van der Waals surface area contributed by atoms with Crippen LogP contribution in [0.1, 0.15) is 40.2 Å². The number of rotatable bonds is 5. The van der Waals surface area contributed by atoms with E-state index in [9.17, 15) is 0 Å². The van der Waals surface area contributed by atoms with Crippen molar-refractivity contribution >= 4 is 5.69 Å². The minimum absolute atomic E-state index is 0.221. The lowest BCUT2D eigenvalue weighted by Crippen LogP contribution is -2.37. The summed E-state index contributed by atoms with van der Waals surface area (Å²) in [5.74, 6) is 2.55. The van der Waals surface area contributed by atoms with Gasteiger partial charge in [-0.2, -0.15) is 0 Å². The fourth-order valence-electron chi connectivity index (χ4n) is 5.05. The van der Waals surface area contributed by atoms with Gasteiger partial charge >= 0.3 is 0 Å². The molecular formula is C32H27NO3. The average molecular weight is 474 g/mol. The van der Waals surface area contributed by atoms with Crippen molar-refractivity contribution < 1.29 is 14.0 Å². The Bertz CT molecular complexity index is 1440. The van der Waals surface area contributed by atoms with E-state index in [1.165, 1.54) is 0 Å². The van der Waals surface area contributed by atoms with Crippen LogP contribution in [-0.4, -0.2) is 7.11 Å². The topological polar surface area (TPSA) is 34.8 Å². The van der Waals surface area contributed by atoms with Crippen molar-refractivity contribution in [2.24, 2.45) is 0 Å². The number of aryl methyl sites for hydroxylation is 1. The molecule has 0 spiro atoms. The third kappa shape index (κ3) is 3.86. The van der Waals surface area contributed by atoms with Crippen LogP contribution in [0.25, 0.3) is 11.3 Å². The van der Waals surface area contributed by atoms with Crippen molar-refractivity contribution in [2.75, 3.05) is 12.2 Å². The number of benzene rings is 4. The largest absolute Gasteiger partial charge is 0.497 e. The van der Waals surface area contributed by atoms with Gasteiger partial charge in [0, 0.05) is 16.7 Å². The average Bonchev–Trinajstić information content (AvgIpc) is 3.31. The van der Waals surface area contributed by atoms with Crippen molar-refractivity contribution in [1.29, 1.82) is 0 Å². The van der Waals surface area contributed by atoms with Crippen LogP contribution in [-0.2, 0) is 4.84 Å². The molecule has 0 N–H and O–H groups in total. The van der Waals surface area contributed by atoms with E-state index in [-0.39, 0.29) is 12.1 Å². The zero-order chi connectivity index (χ0) is 24.5. The number of hydroxylamine groups is 1. The van der Waals surface area contributed by atoms with Crippen LogP contribution in [0.4, 0.5) is 5.69 Å². The molecule has 5 aromatic rings. The molecule has 2 heterocycles. The molecule has 4 aromatic carbocycles. The van der Waals surface area contributed by atoms with Crippen LogP contribution in [0, 0.1) is 6.92 Å². The first-order valence-corrected chi connectivity index (χ1v) is 12.1. The van der Waals surface area contributed by atoms with Gasteiger partial charge in [-0.15, -0.1) is 0 Å². The third-order valence-electron chi connectivity index (χ3n) is 6.74. The Morgan fingerprint density at radius 2 is 1.28 bits per heavy atom. The predicted octanol–water partition coefficient (Wildman–Crippen LogP) is 7.89. The molecule has 36 heavy (non-hydrogen) atoms. The van der Waals surface area contributed by atoms with Gasteiger partial charge in [0.1, 0.15) is 29.4 Å². The summed E-state index contributed by atoms with van der Waals surface area (Å²) < 4.78 is 12.0. The first-order valence-electron chi connectivity index (χ1n) is 12.1. The fourth-order valence-corrected chi connectivity index (χ4v) is 5.05. The molecule has 1 aliphatic heterocycles. The highest BCUT2D eigenvalue weighted by atomic mass is 16.7. The molecule has 2 atom stereocenters. The Labute approximate surface area is 211 Å². The molecule has 0 fully saturated rings. The molecule has 0 aliphatic carbocycles. The van der Waals surface area contributed by atoms with Gasteiger partial charge < -0.3 is 9.15 Å². The van der Waals surface area contributed by atoms with Gasteiger partial charge in [-0.25, -0.2) is 5.06 Å². The van der Waals surface area contributed by atoms with E-state index in [1.807, 2.05) is 78.7 Å². The Kier molecular flexibility index (Phi) is 5.80. The highest BCUT2D eigenvalue weighted by Gasteiger charge is 2.42. The maximum Gasteiger partial charge on any atom is 0.140 e. The molecule has 1 aromatic heterocycles. The van der Waals surface area contributed by atoms with Crippen LogP contribution in [0.2, 0.25) is 0 Å². The molecular weight excluding hydrogens is 446 g/mol. The first-order chi connectivity index (χ1) is 17.7. The van der Waals surface area contributed by atoms with E-state index >= 15 is 0 Å². The van der Waals surface area contributed by atoms with E-state index in [1.54, 1.807) is 7.11 Å². The first kappa shape index (κ1) is 22.2. The number of ether oxygens (including phenoxy) is 1. The highest BCUT2D eigenvalue weighted by molar-refractivity contribution is 5.70. The van der Waals surface area contributed by atoms with Crippen molar-refractivity contribution in [2.45, 2.75) is 19.1 Å². The molecule has 0 saturated carbocycles. The summed E-state index contributed by atoms with van der Waals surface area (Å²) in [6.07, 6.45) is -0.308. The summed E-state index contributed by atoms with van der Waals surface area (Å²) in [6.45, 7) is 2.04. The maximum atomic E-state index is 6.88. The fraction of sp³-hybridized carbons (Fsp3) is 0.125.